The molecule has 4 N–H and O–H groups in total. The van der Waals surface area contributed by atoms with Crippen molar-refractivity contribution in [2.45, 2.75) is 12.0 Å². The first-order valence-electron chi connectivity index (χ1n) is 4.17. The molecule has 0 aromatic heterocycles. The summed E-state index contributed by atoms with van der Waals surface area (Å²) in [6.45, 7) is 0.643. The van der Waals surface area contributed by atoms with Gasteiger partial charge in [-0.1, -0.05) is 0 Å². The van der Waals surface area contributed by atoms with Gasteiger partial charge in [0.25, 0.3) is 5.12 Å². The first-order chi connectivity index (χ1) is 7.62. The molecule has 0 aliphatic heterocycles. The third-order valence-electron chi connectivity index (χ3n) is 1.51. The molecule has 0 saturated carbocycles. The predicted octanol–water partition coefficient (Wildman–Crippen LogP) is -1.19. The van der Waals surface area contributed by atoms with Crippen LogP contribution in [0.2, 0.25) is 0 Å². The van der Waals surface area contributed by atoms with E-state index < -0.39 is 26.0 Å². The van der Waals surface area contributed by atoms with Gasteiger partial charge >= 0.3 is 0 Å². The molecule has 0 spiro atoms. The van der Waals surface area contributed by atoms with E-state index in [1.165, 1.54) is 6.08 Å². The lowest BCUT2D eigenvalue weighted by Gasteiger charge is -2.13. The first-order valence-corrected chi connectivity index (χ1v) is 6.79. The minimum absolute atomic E-state index is 0.375. The maximum absolute atomic E-state index is 11.2. The van der Waals surface area contributed by atoms with Crippen LogP contribution in [0.3, 0.4) is 0 Å². The summed E-state index contributed by atoms with van der Waals surface area (Å²) in [7, 11) is -4.39. The Bertz CT molecular complexity index is 469. The van der Waals surface area contributed by atoms with Crippen LogP contribution in [0.25, 0.3) is 0 Å². The van der Waals surface area contributed by atoms with Crippen molar-refractivity contribution in [1.29, 1.82) is 0 Å². The van der Waals surface area contributed by atoms with Crippen LogP contribution in [0, 0.1) is 0 Å². The van der Waals surface area contributed by atoms with Crippen molar-refractivity contribution < 1.29 is 27.4 Å². The van der Waals surface area contributed by atoms with Gasteiger partial charge < -0.3 is 20.5 Å². The quantitative estimate of drug-likeness (QED) is 0.327. The number of rotatable bonds is 5. The van der Waals surface area contributed by atoms with E-state index in [2.05, 4.69) is 0 Å². The smallest absolute Gasteiger partial charge is 0.270 e. The van der Waals surface area contributed by atoms with Crippen LogP contribution in [-0.4, -0.2) is 32.5 Å². The maximum Gasteiger partial charge on any atom is 0.270 e. The van der Waals surface area contributed by atoms with Gasteiger partial charge in [-0.3, -0.25) is 4.21 Å². The molecule has 1 atom stereocenters. The van der Waals surface area contributed by atoms with Crippen LogP contribution < -0.4 is 5.73 Å². The van der Waals surface area contributed by atoms with Crippen LogP contribution in [0.1, 0.15) is 6.92 Å². The van der Waals surface area contributed by atoms with Crippen molar-refractivity contribution >= 4 is 20.9 Å². The monoisotopic (exact) mass is 282 g/mol. The van der Waals surface area contributed by atoms with Crippen LogP contribution in [0.4, 0.5) is 0 Å². The number of sulfone groups is 1. The second-order valence-electron chi connectivity index (χ2n) is 2.97. The molecule has 0 saturated heterocycles. The first kappa shape index (κ1) is 16.0. The van der Waals surface area contributed by atoms with Crippen LogP contribution in [-0.2, 0) is 20.9 Å². The molecule has 7 nitrogen and oxygen atoms in total. The number of allylic oxidation sites excluding steroid dienone is 3. The fourth-order valence-corrected chi connectivity index (χ4v) is 1.64. The van der Waals surface area contributed by atoms with Crippen molar-refractivity contribution in [2.75, 3.05) is 0 Å². The fraction of sp³-hybridized carbons (Fsp3) is 0.250. The van der Waals surface area contributed by atoms with E-state index in [4.69, 9.17) is 15.9 Å². The lowest BCUT2D eigenvalue weighted by molar-refractivity contribution is -0.0670. The number of aliphatic hydroxyl groups is 2. The van der Waals surface area contributed by atoms with Gasteiger partial charge in [-0.25, -0.2) is 8.42 Å². The largest absolute Gasteiger partial charge is 0.768 e. The maximum atomic E-state index is 11.2. The average Bonchev–Trinajstić information content (AvgIpc) is 2.15. The molecule has 98 valence electrons. The van der Waals surface area contributed by atoms with E-state index in [0.717, 1.165) is 12.3 Å². The number of nitrogens with two attached hydrogens (primary N) is 1. The Hall–Kier alpha value is -1.00. The summed E-state index contributed by atoms with van der Waals surface area (Å²) < 4.78 is 43.7. The lowest BCUT2D eigenvalue weighted by Crippen LogP contribution is -2.32. The molecule has 9 heteroatoms. The highest BCUT2D eigenvalue weighted by atomic mass is 32.2. The molecular formula is C8H12NO6S2-. The third-order valence-corrected chi connectivity index (χ3v) is 3.74. The standard InChI is InChI=1S/C8H13NO6S2/c1-8(10,11)17(14,15)6-4-7(16(12)13)3-2-5-9/h2-6,10-11H,9H2,1H3,(H,12,13)/p-1/b5-2+,6-4+,7-3+. The van der Waals surface area contributed by atoms with Crippen LogP contribution in [0.15, 0.2) is 34.7 Å². The van der Waals surface area contributed by atoms with E-state index in [0.29, 0.717) is 18.4 Å². The highest BCUT2D eigenvalue weighted by Gasteiger charge is 2.31. The summed E-state index contributed by atoms with van der Waals surface area (Å²) in [4.78, 5) is -0.375. The minimum atomic E-state index is -4.39. The van der Waals surface area contributed by atoms with E-state index in [9.17, 15) is 17.2 Å². The van der Waals surface area contributed by atoms with Gasteiger partial charge in [0.05, 0.1) is 0 Å². The van der Waals surface area contributed by atoms with Gasteiger partial charge in [-0.15, -0.1) is 0 Å². The molecule has 0 aliphatic carbocycles. The second-order valence-corrected chi connectivity index (χ2v) is 6.05. The minimum Gasteiger partial charge on any atom is -0.768 e. The summed E-state index contributed by atoms with van der Waals surface area (Å²) in [6.07, 6.45) is 3.99. The average molecular weight is 282 g/mol. The molecule has 0 aromatic rings. The number of hydrogen-bond acceptors (Lipinski definition) is 7. The summed E-state index contributed by atoms with van der Waals surface area (Å²) >= 11 is -2.68. The summed E-state index contributed by atoms with van der Waals surface area (Å²) in [5.74, 6) is 0. The van der Waals surface area contributed by atoms with Crippen molar-refractivity contribution in [2.24, 2.45) is 5.73 Å². The highest BCUT2D eigenvalue weighted by molar-refractivity contribution is 7.95. The Labute approximate surface area is 101 Å². The molecule has 0 amide bonds. The number of hydrogen-bond donors (Lipinski definition) is 3. The van der Waals surface area contributed by atoms with E-state index in [1.54, 1.807) is 0 Å². The molecule has 0 aliphatic rings. The lowest BCUT2D eigenvalue weighted by atomic mass is 10.4. The molecule has 1 unspecified atom stereocenters. The molecule has 0 aromatic carbocycles. The zero-order valence-electron chi connectivity index (χ0n) is 8.81. The van der Waals surface area contributed by atoms with Gasteiger partial charge in [-0.2, -0.15) is 0 Å². The molecule has 0 heterocycles. The Morgan fingerprint density at radius 1 is 1.47 bits per heavy atom. The van der Waals surface area contributed by atoms with Crippen molar-refractivity contribution in [3.8, 4) is 0 Å². The van der Waals surface area contributed by atoms with E-state index in [1.807, 2.05) is 0 Å². The SMILES string of the molecule is CC(O)(O)S(=O)(=O)/C=C/C(=C\C=C\N)S(=O)[O-]. The molecule has 17 heavy (non-hydrogen) atoms. The van der Waals surface area contributed by atoms with Crippen molar-refractivity contribution in [3.05, 3.63) is 34.7 Å². The molecule has 0 rings (SSSR count). The van der Waals surface area contributed by atoms with E-state index in [-0.39, 0.29) is 4.91 Å². The molecular weight excluding hydrogens is 270 g/mol. The zero-order valence-corrected chi connectivity index (χ0v) is 10.4. The fourth-order valence-electron chi connectivity index (χ4n) is 0.603. The summed E-state index contributed by atoms with van der Waals surface area (Å²) in [5, 5.41) is 15.2. The van der Waals surface area contributed by atoms with Gasteiger partial charge in [0.2, 0.25) is 9.84 Å². The normalized spacial score (nSPS) is 16.8. The Morgan fingerprint density at radius 3 is 2.35 bits per heavy atom. The van der Waals surface area contributed by atoms with Crippen LogP contribution >= 0.6 is 0 Å². The molecule has 0 bridgehead atoms. The summed E-state index contributed by atoms with van der Waals surface area (Å²) in [5.41, 5.74) is 4.98. The Kier molecular flexibility index (Phi) is 5.72. The molecule has 0 radical (unpaired) electrons. The topological polar surface area (TPSA) is 141 Å². The summed E-state index contributed by atoms with van der Waals surface area (Å²) in [6, 6.07) is 0. The molecule has 0 fully saturated rings. The predicted molar refractivity (Wildman–Crippen MR) is 61.2 cm³/mol. The third kappa shape index (κ3) is 5.24. The van der Waals surface area contributed by atoms with Crippen molar-refractivity contribution in [3.63, 3.8) is 0 Å². The highest BCUT2D eigenvalue weighted by Crippen LogP contribution is 2.13. The Balaban J connectivity index is 5.24. The Morgan fingerprint density at radius 2 is 2.00 bits per heavy atom. The van der Waals surface area contributed by atoms with Crippen molar-refractivity contribution in [1.82, 2.24) is 0 Å². The van der Waals surface area contributed by atoms with Gasteiger partial charge in [0, 0.05) is 17.2 Å². The van der Waals surface area contributed by atoms with Crippen LogP contribution in [0.5, 0.6) is 0 Å². The van der Waals surface area contributed by atoms with E-state index >= 15 is 0 Å². The van der Waals surface area contributed by atoms with Gasteiger partial charge in [-0.05, 0) is 35.5 Å². The van der Waals surface area contributed by atoms with Gasteiger partial charge in [0.1, 0.15) is 0 Å². The van der Waals surface area contributed by atoms with Gasteiger partial charge in [0.15, 0.2) is 0 Å². The second kappa shape index (κ2) is 6.07. The zero-order chi connectivity index (χ0) is 13.7.